The zero-order chi connectivity index (χ0) is 16.2. The van der Waals surface area contributed by atoms with E-state index in [1.54, 1.807) is 6.92 Å². The Bertz CT molecular complexity index is 692. The largest absolute Gasteiger partial charge is 0.462 e. The second kappa shape index (κ2) is 4.81. The van der Waals surface area contributed by atoms with Crippen molar-refractivity contribution in [2.45, 2.75) is 52.2 Å². The van der Waals surface area contributed by atoms with Crippen molar-refractivity contribution in [1.82, 2.24) is 0 Å². The molecule has 0 spiro atoms. The summed E-state index contributed by atoms with van der Waals surface area (Å²) >= 11 is 0. The van der Waals surface area contributed by atoms with Crippen molar-refractivity contribution in [3.8, 4) is 0 Å². The Morgan fingerprint density at radius 2 is 2.18 bits per heavy atom. The molecule has 3 rings (SSSR count). The summed E-state index contributed by atoms with van der Waals surface area (Å²) in [6.07, 6.45) is 2.11. The van der Waals surface area contributed by atoms with Gasteiger partial charge in [-0.25, -0.2) is 0 Å². The lowest BCUT2D eigenvalue weighted by Crippen LogP contribution is -2.41. The first kappa shape index (κ1) is 15.0. The van der Waals surface area contributed by atoms with Crippen LogP contribution in [0, 0.1) is 12.8 Å². The maximum atomic E-state index is 12.7. The fourth-order valence-corrected chi connectivity index (χ4v) is 4.03. The molecule has 118 valence electrons. The van der Waals surface area contributed by atoms with E-state index in [0.717, 1.165) is 11.1 Å². The van der Waals surface area contributed by atoms with Gasteiger partial charge in [-0.2, -0.15) is 0 Å². The Hall–Kier alpha value is -1.88. The molecule has 22 heavy (non-hydrogen) atoms. The summed E-state index contributed by atoms with van der Waals surface area (Å²) < 4.78 is 10.7. The summed E-state index contributed by atoms with van der Waals surface area (Å²) in [5.41, 5.74) is 1.37. The van der Waals surface area contributed by atoms with Gasteiger partial charge in [0.1, 0.15) is 11.7 Å². The van der Waals surface area contributed by atoms with E-state index in [0.29, 0.717) is 24.0 Å². The summed E-state index contributed by atoms with van der Waals surface area (Å²) in [6, 6.07) is 0. The molecule has 2 aliphatic rings. The number of carbonyl (C=O) groups excluding carboxylic acids is 2. The second-order valence-electron chi connectivity index (χ2n) is 6.49. The third-order valence-corrected chi connectivity index (χ3v) is 4.67. The van der Waals surface area contributed by atoms with Crippen LogP contribution >= 0.6 is 0 Å². The summed E-state index contributed by atoms with van der Waals surface area (Å²) in [5, 5.41) is 11.1. The fraction of sp³-hybridized carbons (Fsp3) is 0.529. The van der Waals surface area contributed by atoms with Gasteiger partial charge in [-0.05, 0) is 37.3 Å². The van der Waals surface area contributed by atoms with Crippen molar-refractivity contribution < 1.29 is 23.8 Å². The molecule has 0 aromatic carbocycles. The molecule has 3 atom stereocenters. The zero-order valence-electron chi connectivity index (χ0n) is 13.2. The standard InChI is InChI=1S/C17H20O5/c1-8-5-11(22-10(3)18)6-12-13(8)17(4,20)14-9(2)7-21-16(14)15(12)19/h7-8,11,20H,5-6H2,1-4H3. The Morgan fingerprint density at radius 1 is 1.50 bits per heavy atom. The minimum absolute atomic E-state index is 0.0468. The Morgan fingerprint density at radius 3 is 2.82 bits per heavy atom. The van der Waals surface area contributed by atoms with E-state index in [-0.39, 0.29) is 29.5 Å². The third-order valence-electron chi connectivity index (χ3n) is 4.67. The van der Waals surface area contributed by atoms with Gasteiger partial charge in [0.05, 0.1) is 6.26 Å². The highest BCUT2D eigenvalue weighted by atomic mass is 16.5. The van der Waals surface area contributed by atoms with Gasteiger partial charge in [-0.15, -0.1) is 0 Å². The quantitative estimate of drug-likeness (QED) is 0.807. The number of hydrogen-bond acceptors (Lipinski definition) is 5. The molecule has 1 aromatic rings. The van der Waals surface area contributed by atoms with Gasteiger partial charge in [-0.3, -0.25) is 9.59 Å². The molecule has 0 saturated heterocycles. The van der Waals surface area contributed by atoms with E-state index < -0.39 is 5.60 Å². The molecule has 5 nitrogen and oxygen atoms in total. The Labute approximate surface area is 128 Å². The molecule has 0 saturated carbocycles. The number of carbonyl (C=O) groups is 2. The topological polar surface area (TPSA) is 76.7 Å². The molecule has 1 N–H and O–H groups in total. The normalized spacial score (nSPS) is 30.9. The van der Waals surface area contributed by atoms with Crippen molar-refractivity contribution in [3.05, 3.63) is 34.3 Å². The van der Waals surface area contributed by atoms with Gasteiger partial charge < -0.3 is 14.3 Å². The van der Waals surface area contributed by atoms with E-state index in [1.807, 2.05) is 13.8 Å². The van der Waals surface area contributed by atoms with Gasteiger partial charge in [0.2, 0.25) is 5.78 Å². The third kappa shape index (κ3) is 2.03. The van der Waals surface area contributed by atoms with Crippen LogP contribution in [0.3, 0.4) is 0 Å². The first-order chi connectivity index (χ1) is 10.2. The molecule has 0 aliphatic heterocycles. The molecule has 0 fully saturated rings. The number of fused-ring (bicyclic) bond motifs is 1. The lowest BCUT2D eigenvalue weighted by atomic mass is 9.67. The van der Waals surface area contributed by atoms with Gasteiger partial charge >= 0.3 is 5.97 Å². The Kier molecular flexibility index (Phi) is 3.29. The predicted octanol–water partition coefficient (Wildman–Crippen LogP) is 2.65. The van der Waals surface area contributed by atoms with Crippen LogP contribution in [0.4, 0.5) is 0 Å². The van der Waals surface area contributed by atoms with Gasteiger partial charge in [0.25, 0.3) is 0 Å². The van der Waals surface area contributed by atoms with Gasteiger partial charge in [0, 0.05) is 24.5 Å². The van der Waals surface area contributed by atoms with Crippen molar-refractivity contribution >= 4 is 11.8 Å². The number of ketones is 1. The summed E-state index contributed by atoms with van der Waals surface area (Å²) in [7, 11) is 0. The molecular weight excluding hydrogens is 284 g/mol. The lowest BCUT2D eigenvalue weighted by molar-refractivity contribution is -0.147. The monoisotopic (exact) mass is 304 g/mol. The molecule has 1 heterocycles. The first-order valence-corrected chi connectivity index (χ1v) is 7.49. The van der Waals surface area contributed by atoms with Crippen molar-refractivity contribution in [2.24, 2.45) is 5.92 Å². The SMILES string of the molecule is CC(=O)OC1CC2=C(C(C)C1)C(C)(O)c1c(C)coc1C2=O. The zero-order valence-corrected chi connectivity index (χ0v) is 13.2. The molecule has 2 aliphatic carbocycles. The van der Waals surface area contributed by atoms with Crippen molar-refractivity contribution in [3.63, 3.8) is 0 Å². The van der Waals surface area contributed by atoms with Gasteiger partial charge in [0.15, 0.2) is 5.76 Å². The van der Waals surface area contributed by atoms with E-state index >= 15 is 0 Å². The number of esters is 1. The number of furan rings is 1. The van der Waals surface area contributed by atoms with Crippen LogP contribution in [0.5, 0.6) is 0 Å². The van der Waals surface area contributed by atoms with Crippen LogP contribution in [0.25, 0.3) is 0 Å². The number of ether oxygens (including phenoxy) is 1. The minimum atomic E-state index is -1.23. The molecule has 5 heteroatoms. The molecule has 1 aromatic heterocycles. The molecule has 0 amide bonds. The predicted molar refractivity (Wildman–Crippen MR) is 78.3 cm³/mol. The minimum Gasteiger partial charge on any atom is -0.462 e. The summed E-state index contributed by atoms with van der Waals surface area (Å²) in [4.78, 5) is 23.9. The number of aryl methyl sites for hydroxylation is 1. The van der Waals surface area contributed by atoms with Crippen LogP contribution in [-0.2, 0) is 15.1 Å². The first-order valence-electron chi connectivity index (χ1n) is 7.49. The molecular formula is C17H20O5. The second-order valence-corrected chi connectivity index (χ2v) is 6.49. The maximum Gasteiger partial charge on any atom is 0.302 e. The maximum absolute atomic E-state index is 12.7. The average Bonchev–Trinajstić information content (AvgIpc) is 2.77. The number of Topliss-reactive ketones (excluding diaryl/α,β-unsaturated/α-hetero) is 1. The van der Waals surface area contributed by atoms with Crippen LogP contribution < -0.4 is 0 Å². The molecule has 3 unspecified atom stereocenters. The fourth-order valence-electron chi connectivity index (χ4n) is 4.03. The van der Waals surface area contributed by atoms with Crippen LogP contribution in [0.2, 0.25) is 0 Å². The molecule has 0 radical (unpaired) electrons. The van der Waals surface area contributed by atoms with Crippen LogP contribution in [0.1, 0.15) is 55.3 Å². The van der Waals surface area contributed by atoms with Crippen molar-refractivity contribution in [2.75, 3.05) is 0 Å². The average molecular weight is 304 g/mol. The number of aliphatic hydroxyl groups is 1. The highest BCUT2D eigenvalue weighted by molar-refractivity contribution is 6.10. The van der Waals surface area contributed by atoms with Crippen molar-refractivity contribution in [1.29, 1.82) is 0 Å². The smallest absolute Gasteiger partial charge is 0.302 e. The van der Waals surface area contributed by atoms with E-state index in [9.17, 15) is 14.7 Å². The highest BCUT2D eigenvalue weighted by Crippen LogP contribution is 2.49. The van der Waals surface area contributed by atoms with Crippen LogP contribution in [-0.4, -0.2) is 23.0 Å². The number of hydrogen-bond donors (Lipinski definition) is 1. The van der Waals surface area contributed by atoms with E-state index in [2.05, 4.69) is 0 Å². The van der Waals surface area contributed by atoms with E-state index in [4.69, 9.17) is 9.15 Å². The summed E-state index contributed by atoms with van der Waals surface area (Å²) in [6.45, 7) is 6.85. The van der Waals surface area contributed by atoms with Crippen LogP contribution in [0.15, 0.2) is 21.8 Å². The van der Waals surface area contributed by atoms with Gasteiger partial charge in [-0.1, -0.05) is 6.92 Å². The number of rotatable bonds is 1. The van der Waals surface area contributed by atoms with E-state index in [1.165, 1.54) is 13.2 Å². The molecule has 0 bridgehead atoms. The Balaban J connectivity index is 2.10. The summed E-state index contributed by atoms with van der Waals surface area (Å²) in [5.74, 6) is -0.398. The highest BCUT2D eigenvalue weighted by Gasteiger charge is 2.48. The lowest BCUT2D eigenvalue weighted by Gasteiger charge is -2.41.